The number of methoxy groups -OCH3 is 1. The number of nitrogens with one attached hydrogen (secondary N) is 2. The van der Waals surface area contributed by atoms with Crippen LogP contribution >= 0.6 is 0 Å². The van der Waals surface area contributed by atoms with E-state index in [1.54, 1.807) is 24.3 Å². The topological polar surface area (TPSA) is 80.4 Å². The van der Waals surface area contributed by atoms with E-state index < -0.39 is 28.9 Å². The van der Waals surface area contributed by atoms with Gasteiger partial charge in [0, 0.05) is 6.20 Å². The number of aromatic nitrogens is 1. The molecule has 6 nitrogen and oxygen atoms in total. The summed E-state index contributed by atoms with van der Waals surface area (Å²) in [7, 11) is 1.47. The molecule has 0 spiro atoms. The number of hydrogen-bond acceptors (Lipinski definition) is 4. The summed E-state index contributed by atoms with van der Waals surface area (Å²) in [5.41, 5.74) is -2.36. The Morgan fingerprint density at radius 1 is 1.24 bits per heavy atom. The molecule has 0 saturated carbocycles. The van der Waals surface area contributed by atoms with Crippen molar-refractivity contribution in [1.82, 2.24) is 4.98 Å². The Morgan fingerprint density at radius 2 is 1.92 bits per heavy atom. The van der Waals surface area contributed by atoms with Crippen LogP contribution in [0.5, 0.6) is 11.5 Å². The maximum atomic E-state index is 12.6. The summed E-state index contributed by atoms with van der Waals surface area (Å²) in [6, 6.07) is 7.38. The minimum Gasteiger partial charge on any atom is -0.493 e. The molecule has 1 aromatic heterocycles. The van der Waals surface area contributed by atoms with E-state index in [1.165, 1.54) is 7.11 Å². The zero-order valence-corrected chi connectivity index (χ0v) is 13.1. The highest BCUT2D eigenvalue weighted by molar-refractivity contribution is 5.90. The summed E-state index contributed by atoms with van der Waals surface area (Å²) >= 11 is 0. The zero-order chi connectivity index (χ0) is 18.4. The molecule has 0 aliphatic rings. The average Bonchev–Trinajstić information content (AvgIpc) is 2.56. The maximum Gasteiger partial charge on any atom is 0.417 e. The van der Waals surface area contributed by atoms with Gasteiger partial charge < -0.3 is 19.8 Å². The molecule has 0 saturated heterocycles. The first-order valence-electron chi connectivity index (χ1n) is 7.17. The smallest absolute Gasteiger partial charge is 0.417 e. The van der Waals surface area contributed by atoms with Crippen molar-refractivity contribution in [2.75, 3.05) is 19.0 Å². The second kappa shape index (κ2) is 7.73. The van der Waals surface area contributed by atoms with Crippen LogP contribution in [-0.4, -0.2) is 24.6 Å². The van der Waals surface area contributed by atoms with Gasteiger partial charge in [-0.05, 0) is 18.2 Å². The average molecular weight is 356 g/mol. The van der Waals surface area contributed by atoms with Gasteiger partial charge in [0.1, 0.15) is 5.69 Å². The zero-order valence-electron chi connectivity index (χ0n) is 13.1. The normalized spacial score (nSPS) is 11.0. The number of benzene rings is 1. The molecule has 25 heavy (non-hydrogen) atoms. The minimum absolute atomic E-state index is 0.0386. The SMILES string of the molecule is COc1ccccc1OCCC(=O)Nc1cc(C(F)(F)F)c[nH]c1=O. The Bertz CT molecular complexity index is 802. The van der Waals surface area contributed by atoms with E-state index in [1.807, 2.05) is 4.98 Å². The van der Waals surface area contributed by atoms with E-state index in [9.17, 15) is 22.8 Å². The fourth-order valence-corrected chi connectivity index (χ4v) is 1.94. The van der Waals surface area contributed by atoms with Gasteiger partial charge in [-0.15, -0.1) is 0 Å². The van der Waals surface area contributed by atoms with E-state index >= 15 is 0 Å². The van der Waals surface area contributed by atoms with E-state index in [0.29, 0.717) is 23.8 Å². The fourth-order valence-electron chi connectivity index (χ4n) is 1.94. The van der Waals surface area contributed by atoms with Crippen LogP contribution < -0.4 is 20.3 Å². The third kappa shape index (κ3) is 5.00. The number of amides is 1. The minimum atomic E-state index is -4.63. The monoisotopic (exact) mass is 356 g/mol. The molecule has 1 aromatic carbocycles. The third-order valence-electron chi connectivity index (χ3n) is 3.16. The quantitative estimate of drug-likeness (QED) is 0.834. The maximum absolute atomic E-state index is 12.6. The second-order valence-electron chi connectivity index (χ2n) is 4.93. The van der Waals surface area contributed by atoms with E-state index in [0.717, 1.165) is 0 Å². The van der Waals surface area contributed by atoms with Crippen LogP contribution in [0.1, 0.15) is 12.0 Å². The Balaban J connectivity index is 1.96. The predicted molar refractivity (Wildman–Crippen MR) is 83.8 cm³/mol. The molecule has 0 radical (unpaired) electrons. The van der Waals surface area contributed by atoms with Crippen molar-refractivity contribution in [3.63, 3.8) is 0 Å². The van der Waals surface area contributed by atoms with E-state index in [-0.39, 0.29) is 13.0 Å². The number of carbonyl (C=O) groups is 1. The number of anilines is 1. The van der Waals surface area contributed by atoms with Crippen molar-refractivity contribution in [1.29, 1.82) is 0 Å². The number of carbonyl (C=O) groups excluding carboxylic acids is 1. The molecule has 9 heteroatoms. The number of ether oxygens (including phenoxy) is 2. The fraction of sp³-hybridized carbons (Fsp3) is 0.250. The number of alkyl halides is 3. The Labute approximate surface area is 140 Å². The van der Waals surface area contributed by atoms with Crippen molar-refractivity contribution in [3.8, 4) is 11.5 Å². The molecule has 0 atom stereocenters. The van der Waals surface area contributed by atoms with Crippen LogP contribution in [0, 0.1) is 0 Å². The van der Waals surface area contributed by atoms with Crippen LogP contribution in [0.25, 0.3) is 0 Å². The van der Waals surface area contributed by atoms with Crippen molar-refractivity contribution >= 4 is 11.6 Å². The molecule has 2 rings (SSSR count). The standard InChI is InChI=1S/C16H15F3N2O4/c1-24-12-4-2-3-5-13(12)25-7-6-14(22)21-11-8-10(16(17,18)19)9-20-15(11)23/h2-5,8-9H,6-7H2,1H3,(H,20,23)(H,21,22). The molecular weight excluding hydrogens is 341 g/mol. The summed E-state index contributed by atoms with van der Waals surface area (Å²) < 4.78 is 48.4. The molecule has 134 valence electrons. The number of H-pyrrole nitrogens is 1. The van der Waals surface area contributed by atoms with Crippen LogP contribution in [0.3, 0.4) is 0 Å². The van der Waals surface area contributed by atoms with Gasteiger partial charge in [0.25, 0.3) is 5.56 Å². The van der Waals surface area contributed by atoms with Gasteiger partial charge in [0.15, 0.2) is 11.5 Å². The molecular formula is C16H15F3N2O4. The van der Waals surface area contributed by atoms with Gasteiger partial charge >= 0.3 is 6.18 Å². The first kappa shape index (κ1) is 18.4. The molecule has 0 aliphatic heterocycles. The lowest BCUT2D eigenvalue weighted by Gasteiger charge is -2.11. The third-order valence-corrected chi connectivity index (χ3v) is 3.16. The largest absolute Gasteiger partial charge is 0.493 e. The predicted octanol–water partition coefficient (Wildman–Crippen LogP) is 2.81. The molecule has 0 unspecified atom stereocenters. The summed E-state index contributed by atoms with van der Waals surface area (Å²) in [5.74, 6) is 0.256. The van der Waals surface area contributed by atoms with Crippen LogP contribution in [0.15, 0.2) is 41.3 Å². The number of halogens is 3. The highest BCUT2D eigenvalue weighted by atomic mass is 19.4. The summed E-state index contributed by atoms with van der Waals surface area (Å²) in [6.07, 6.45) is -4.24. The van der Waals surface area contributed by atoms with Crippen molar-refractivity contribution in [3.05, 3.63) is 52.4 Å². The number of hydrogen-bond donors (Lipinski definition) is 2. The molecule has 0 aliphatic carbocycles. The number of rotatable bonds is 6. The van der Waals surface area contributed by atoms with Gasteiger partial charge in [-0.25, -0.2) is 0 Å². The first-order chi connectivity index (χ1) is 11.8. The molecule has 2 aromatic rings. The summed E-state index contributed by atoms with van der Waals surface area (Å²) in [6.45, 7) is -0.0386. The van der Waals surface area contributed by atoms with Crippen molar-refractivity contribution in [2.45, 2.75) is 12.6 Å². The second-order valence-corrected chi connectivity index (χ2v) is 4.93. The first-order valence-corrected chi connectivity index (χ1v) is 7.17. The molecule has 0 fully saturated rings. The highest BCUT2D eigenvalue weighted by Gasteiger charge is 2.31. The van der Waals surface area contributed by atoms with E-state index in [4.69, 9.17) is 9.47 Å². The lowest BCUT2D eigenvalue weighted by Crippen LogP contribution is -2.22. The van der Waals surface area contributed by atoms with Crippen LogP contribution in [0.2, 0.25) is 0 Å². The number of pyridine rings is 1. The Hall–Kier alpha value is -2.97. The molecule has 1 heterocycles. The lowest BCUT2D eigenvalue weighted by molar-refractivity contribution is -0.137. The van der Waals surface area contributed by atoms with E-state index in [2.05, 4.69) is 5.32 Å². The van der Waals surface area contributed by atoms with Crippen molar-refractivity contribution in [2.24, 2.45) is 0 Å². The van der Waals surface area contributed by atoms with Gasteiger partial charge in [0.05, 0.1) is 25.7 Å². The summed E-state index contributed by atoms with van der Waals surface area (Å²) in [4.78, 5) is 25.3. The number of para-hydroxylation sites is 2. The lowest BCUT2D eigenvalue weighted by atomic mass is 10.2. The van der Waals surface area contributed by atoms with Crippen LogP contribution in [0.4, 0.5) is 18.9 Å². The molecule has 1 amide bonds. The Morgan fingerprint density at radius 3 is 2.56 bits per heavy atom. The van der Waals surface area contributed by atoms with Gasteiger partial charge in [-0.1, -0.05) is 12.1 Å². The van der Waals surface area contributed by atoms with Crippen molar-refractivity contribution < 1.29 is 27.4 Å². The van der Waals surface area contributed by atoms with Crippen LogP contribution in [-0.2, 0) is 11.0 Å². The number of aromatic amines is 1. The highest BCUT2D eigenvalue weighted by Crippen LogP contribution is 2.29. The van der Waals surface area contributed by atoms with Gasteiger partial charge in [-0.2, -0.15) is 13.2 Å². The Kier molecular flexibility index (Phi) is 5.68. The summed E-state index contributed by atoms with van der Waals surface area (Å²) in [5, 5.41) is 2.14. The van der Waals surface area contributed by atoms with Gasteiger partial charge in [0.2, 0.25) is 5.91 Å². The molecule has 0 bridgehead atoms. The molecule has 2 N–H and O–H groups in total. The van der Waals surface area contributed by atoms with Gasteiger partial charge in [-0.3, -0.25) is 9.59 Å².